The molecule has 0 aromatic carbocycles. The molecular formula is C17H30N2S. The van der Waals surface area contributed by atoms with Gasteiger partial charge < -0.3 is 10.2 Å². The van der Waals surface area contributed by atoms with E-state index in [2.05, 4.69) is 48.9 Å². The van der Waals surface area contributed by atoms with E-state index in [4.69, 9.17) is 0 Å². The Labute approximate surface area is 128 Å². The summed E-state index contributed by atoms with van der Waals surface area (Å²) in [4.78, 5) is 4.03. The van der Waals surface area contributed by atoms with Gasteiger partial charge in [0.2, 0.25) is 0 Å². The average molecular weight is 295 g/mol. The summed E-state index contributed by atoms with van der Waals surface area (Å²) in [6.07, 6.45) is 10.7. The summed E-state index contributed by atoms with van der Waals surface area (Å²) in [6.45, 7) is 0. The number of hydrogen-bond acceptors (Lipinski definition) is 3. The van der Waals surface area contributed by atoms with Gasteiger partial charge in [-0.1, -0.05) is 31.7 Å². The van der Waals surface area contributed by atoms with Crippen LogP contribution in [0.2, 0.25) is 0 Å². The van der Waals surface area contributed by atoms with E-state index in [9.17, 15) is 0 Å². The molecule has 0 bridgehead atoms. The first kappa shape index (κ1) is 16.0. The Morgan fingerprint density at radius 2 is 1.95 bits per heavy atom. The molecule has 0 saturated heterocycles. The van der Waals surface area contributed by atoms with Crippen molar-refractivity contribution in [2.45, 2.75) is 62.9 Å². The van der Waals surface area contributed by atoms with Crippen LogP contribution in [0, 0.1) is 0 Å². The molecule has 1 aromatic heterocycles. The van der Waals surface area contributed by atoms with Crippen molar-refractivity contribution in [1.82, 2.24) is 10.2 Å². The van der Waals surface area contributed by atoms with Crippen LogP contribution in [-0.4, -0.2) is 37.6 Å². The van der Waals surface area contributed by atoms with Gasteiger partial charge >= 0.3 is 0 Å². The molecule has 0 aliphatic heterocycles. The van der Waals surface area contributed by atoms with E-state index < -0.39 is 0 Å². The van der Waals surface area contributed by atoms with Gasteiger partial charge in [0.15, 0.2) is 0 Å². The van der Waals surface area contributed by atoms with Crippen molar-refractivity contribution in [3.8, 4) is 0 Å². The predicted molar refractivity (Wildman–Crippen MR) is 89.6 cm³/mol. The SMILES string of the molecule is CNC(CCc1cccs1)C1(N(C)C)CCCCCC1. The Kier molecular flexibility index (Phi) is 6.06. The normalized spacial score (nSPS) is 20.8. The van der Waals surface area contributed by atoms with E-state index >= 15 is 0 Å². The van der Waals surface area contributed by atoms with Crippen LogP contribution in [0.25, 0.3) is 0 Å². The van der Waals surface area contributed by atoms with Crippen LogP contribution in [0.5, 0.6) is 0 Å². The second-order valence-electron chi connectivity index (χ2n) is 6.37. The highest BCUT2D eigenvalue weighted by atomic mass is 32.1. The minimum Gasteiger partial charge on any atom is -0.315 e. The molecule has 0 radical (unpaired) electrons. The van der Waals surface area contributed by atoms with Crippen LogP contribution in [0.15, 0.2) is 17.5 Å². The maximum absolute atomic E-state index is 3.65. The third-order valence-corrected chi connectivity index (χ3v) is 6.05. The molecule has 114 valence electrons. The number of rotatable bonds is 6. The van der Waals surface area contributed by atoms with Crippen molar-refractivity contribution >= 4 is 11.3 Å². The zero-order valence-corrected chi connectivity index (χ0v) is 14.1. The highest BCUT2D eigenvalue weighted by Gasteiger charge is 2.39. The number of thiophene rings is 1. The van der Waals surface area contributed by atoms with Crippen LogP contribution in [0.3, 0.4) is 0 Å². The number of nitrogens with zero attached hydrogens (tertiary/aromatic N) is 1. The van der Waals surface area contributed by atoms with Gasteiger partial charge in [-0.15, -0.1) is 11.3 Å². The van der Waals surface area contributed by atoms with Crippen molar-refractivity contribution in [2.24, 2.45) is 0 Å². The third kappa shape index (κ3) is 3.63. The molecular weight excluding hydrogens is 264 g/mol. The van der Waals surface area contributed by atoms with Crippen molar-refractivity contribution in [3.63, 3.8) is 0 Å². The Morgan fingerprint density at radius 1 is 1.25 bits per heavy atom. The highest BCUT2D eigenvalue weighted by Crippen LogP contribution is 2.35. The highest BCUT2D eigenvalue weighted by molar-refractivity contribution is 7.09. The Hall–Kier alpha value is -0.380. The molecule has 1 heterocycles. The van der Waals surface area contributed by atoms with Gasteiger partial charge in [-0.2, -0.15) is 0 Å². The van der Waals surface area contributed by atoms with Gasteiger partial charge in [0.25, 0.3) is 0 Å². The summed E-state index contributed by atoms with van der Waals surface area (Å²) in [5.74, 6) is 0. The van der Waals surface area contributed by atoms with Crippen molar-refractivity contribution in [2.75, 3.05) is 21.1 Å². The first-order valence-electron chi connectivity index (χ1n) is 8.06. The Morgan fingerprint density at radius 3 is 2.45 bits per heavy atom. The fourth-order valence-electron chi connectivity index (χ4n) is 3.87. The third-order valence-electron chi connectivity index (χ3n) is 5.12. The molecule has 1 saturated carbocycles. The second kappa shape index (κ2) is 7.58. The van der Waals surface area contributed by atoms with Crippen LogP contribution in [0.4, 0.5) is 0 Å². The molecule has 20 heavy (non-hydrogen) atoms. The smallest absolute Gasteiger partial charge is 0.0356 e. The second-order valence-corrected chi connectivity index (χ2v) is 7.40. The molecule has 2 nitrogen and oxygen atoms in total. The summed E-state index contributed by atoms with van der Waals surface area (Å²) < 4.78 is 0. The molecule has 1 unspecified atom stereocenters. The Balaban J connectivity index is 2.07. The summed E-state index contributed by atoms with van der Waals surface area (Å²) in [7, 11) is 6.71. The molecule has 2 rings (SSSR count). The van der Waals surface area contributed by atoms with Crippen LogP contribution >= 0.6 is 11.3 Å². The lowest BCUT2D eigenvalue weighted by Crippen LogP contribution is -2.58. The molecule has 1 fully saturated rings. The fraction of sp³-hybridized carbons (Fsp3) is 0.765. The average Bonchev–Trinajstić information content (AvgIpc) is 2.83. The van der Waals surface area contributed by atoms with Gasteiger partial charge in [-0.3, -0.25) is 0 Å². The lowest BCUT2D eigenvalue weighted by molar-refractivity contribution is 0.0799. The summed E-state index contributed by atoms with van der Waals surface area (Å²) in [5, 5.41) is 5.84. The van der Waals surface area contributed by atoms with Gasteiger partial charge in [0.1, 0.15) is 0 Å². The lowest BCUT2D eigenvalue weighted by Gasteiger charge is -2.46. The van der Waals surface area contributed by atoms with Gasteiger partial charge in [-0.05, 0) is 58.3 Å². The number of aryl methyl sites for hydroxylation is 1. The molecule has 1 aromatic rings. The fourth-order valence-corrected chi connectivity index (χ4v) is 4.60. The maximum atomic E-state index is 3.65. The zero-order chi connectivity index (χ0) is 14.4. The molecule has 0 amide bonds. The zero-order valence-electron chi connectivity index (χ0n) is 13.3. The first-order chi connectivity index (χ1) is 9.69. The summed E-state index contributed by atoms with van der Waals surface area (Å²) in [6, 6.07) is 5.03. The molecule has 1 aliphatic carbocycles. The van der Waals surface area contributed by atoms with E-state index in [1.165, 1.54) is 56.2 Å². The van der Waals surface area contributed by atoms with Crippen LogP contribution in [0.1, 0.15) is 49.8 Å². The minimum atomic E-state index is 0.350. The number of hydrogen-bond donors (Lipinski definition) is 1. The monoisotopic (exact) mass is 294 g/mol. The van der Waals surface area contributed by atoms with Crippen LogP contribution < -0.4 is 5.32 Å². The molecule has 0 spiro atoms. The Bertz CT molecular complexity index is 364. The van der Waals surface area contributed by atoms with E-state index in [1.807, 2.05) is 11.3 Å². The van der Waals surface area contributed by atoms with E-state index in [1.54, 1.807) is 0 Å². The van der Waals surface area contributed by atoms with Crippen molar-refractivity contribution in [3.05, 3.63) is 22.4 Å². The molecule has 1 N–H and O–H groups in total. The minimum absolute atomic E-state index is 0.350. The van der Waals surface area contributed by atoms with Crippen molar-refractivity contribution < 1.29 is 0 Å². The first-order valence-corrected chi connectivity index (χ1v) is 8.94. The maximum Gasteiger partial charge on any atom is 0.0356 e. The van der Waals surface area contributed by atoms with Crippen LogP contribution in [-0.2, 0) is 6.42 Å². The molecule has 3 heteroatoms. The summed E-state index contributed by atoms with van der Waals surface area (Å²) >= 11 is 1.89. The van der Waals surface area contributed by atoms with Crippen molar-refractivity contribution in [1.29, 1.82) is 0 Å². The quantitative estimate of drug-likeness (QED) is 0.800. The summed E-state index contributed by atoms with van der Waals surface area (Å²) in [5.41, 5.74) is 0.350. The lowest BCUT2D eigenvalue weighted by atomic mass is 9.79. The van der Waals surface area contributed by atoms with E-state index in [0.717, 1.165) is 0 Å². The largest absolute Gasteiger partial charge is 0.315 e. The van der Waals surface area contributed by atoms with Gasteiger partial charge in [-0.25, -0.2) is 0 Å². The standard InChI is InChI=1S/C17H30N2S/c1-18-16(11-10-15-9-8-14-20-15)17(19(2)3)12-6-4-5-7-13-17/h8-9,14,16,18H,4-7,10-13H2,1-3H3. The predicted octanol–water partition coefficient (Wildman–Crippen LogP) is 3.92. The molecule has 1 atom stereocenters. The molecule has 1 aliphatic rings. The number of likely N-dealkylation sites (N-methyl/N-ethyl adjacent to an activating group) is 2. The van der Waals surface area contributed by atoms with Gasteiger partial charge in [0, 0.05) is 16.5 Å². The number of nitrogens with one attached hydrogen (secondary N) is 1. The van der Waals surface area contributed by atoms with E-state index in [-0.39, 0.29) is 0 Å². The van der Waals surface area contributed by atoms with Gasteiger partial charge in [0.05, 0.1) is 0 Å². The van der Waals surface area contributed by atoms with E-state index in [0.29, 0.717) is 11.6 Å². The topological polar surface area (TPSA) is 15.3 Å².